The van der Waals surface area contributed by atoms with Gasteiger partial charge < -0.3 is 10.1 Å². The maximum Gasteiger partial charge on any atom is 0.361 e. The monoisotopic (exact) mass is 335 g/mol. The van der Waals surface area contributed by atoms with Crippen molar-refractivity contribution in [2.45, 2.75) is 33.3 Å². The second-order valence-electron chi connectivity index (χ2n) is 6.04. The summed E-state index contributed by atoms with van der Waals surface area (Å²) in [7, 11) is 0. The van der Waals surface area contributed by atoms with Crippen molar-refractivity contribution >= 4 is 28.5 Å². The smallest absolute Gasteiger partial charge is 0.361 e. The molecule has 0 aliphatic heterocycles. The third kappa shape index (κ3) is 3.94. The van der Waals surface area contributed by atoms with Gasteiger partial charge in [0.05, 0.1) is 17.1 Å². The number of aryl methyl sites for hydroxylation is 1. The van der Waals surface area contributed by atoms with Crippen molar-refractivity contribution in [2.24, 2.45) is 0 Å². The van der Waals surface area contributed by atoms with E-state index >= 15 is 0 Å². The van der Waals surface area contributed by atoms with Crippen LogP contribution in [-0.2, 0) is 11.2 Å². The minimum absolute atomic E-state index is 0.189. The van der Waals surface area contributed by atoms with Gasteiger partial charge in [0.25, 0.3) is 0 Å². The molecule has 25 heavy (non-hydrogen) atoms. The van der Waals surface area contributed by atoms with Crippen LogP contribution in [0.15, 0.2) is 48.5 Å². The minimum Gasteiger partial charge on any atom is -0.458 e. The lowest BCUT2D eigenvalue weighted by Crippen LogP contribution is -2.16. The Kier molecular flexibility index (Phi) is 4.93. The number of nitrogens with one attached hydrogen (secondary N) is 1. The molecule has 0 unspecified atom stereocenters. The Labute approximate surface area is 147 Å². The molecule has 0 spiro atoms. The van der Waals surface area contributed by atoms with Crippen LogP contribution in [-0.4, -0.2) is 22.0 Å². The van der Waals surface area contributed by atoms with Gasteiger partial charge in [0.2, 0.25) is 0 Å². The van der Waals surface area contributed by atoms with Crippen LogP contribution in [0.4, 0.5) is 11.5 Å². The normalized spacial score (nSPS) is 10.9. The number of hydrogen-bond acceptors (Lipinski definition) is 5. The number of anilines is 2. The van der Waals surface area contributed by atoms with E-state index < -0.39 is 5.97 Å². The first-order valence-electron chi connectivity index (χ1n) is 8.40. The lowest BCUT2D eigenvalue weighted by atomic mass is 10.1. The molecule has 5 nitrogen and oxygen atoms in total. The number of aromatic nitrogens is 2. The molecule has 2 aromatic carbocycles. The quantitative estimate of drug-likeness (QED) is 0.695. The number of rotatable bonds is 5. The molecule has 0 radical (unpaired) electrons. The molecule has 0 fully saturated rings. The summed E-state index contributed by atoms with van der Waals surface area (Å²) in [5.41, 5.74) is 3.63. The van der Waals surface area contributed by atoms with Crippen molar-refractivity contribution < 1.29 is 9.53 Å². The highest BCUT2D eigenvalue weighted by atomic mass is 16.5. The van der Waals surface area contributed by atoms with Crippen molar-refractivity contribution in [3.05, 3.63) is 59.8 Å². The van der Waals surface area contributed by atoms with Gasteiger partial charge in [-0.1, -0.05) is 31.2 Å². The zero-order chi connectivity index (χ0) is 17.8. The lowest BCUT2D eigenvalue weighted by molar-refractivity contribution is 0.0372. The van der Waals surface area contributed by atoms with Gasteiger partial charge in [-0.2, -0.15) is 0 Å². The highest BCUT2D eigenvalue weighted by Gasteiger charge is 2.19. The second kappa shape index (κ2) is 7.30. The minimum atomic E-state index is -0.484. The average molecular weight is 335 g/mol. The number of fused-ring (bicyclic) bond motifs is 1. The zero-order valence-electron chi connectivity index (χ0n) is 14.6. The number of hydrogen-bond donors (Lipinski definition) is 1. The molecular weight excluding hydrogens is 314 g/mol. The van der Waals surface area contributed by atoms with Crippen LogP contribution < -0.4 is 5.32 Å². The van der Waals surface area contributed by atoms with E-state index in [1.54, 1.807) is 0 Å². The maximum absolute atomic E-state index is 12.5. The largest absolute Gasteiger partial charge is 0.458 e. The number of carbonyl (C=O) groups excluding carboxylic acids is 1. The predicted molar refractivity (Wildman–Crippen MR) is 99.2 cm³/mol. The molecule has 1 aromatic heterocycles. The molecule has 0 amide bonds. The molecule has 0 aliphatic carbocycles. The Hall–Kier alpha value is -2.95. The third-order valence-electron chi connectivity index (χ3n) is 3.70. The van der Waals surface area contributed by atoms with Crippen molar-refractivity contribution in [1.82, 2.24) is 9.97 Å². The first-order chi connectivity index (χ1) is 12.1. The van der Waals surface area contributed by atoms with Gasteiger partial charge in [-0.3, -0.25) is 0 Å². The van der Waals surface area contributed by atoms with Crippen LogP contribution in [0.25, 0.3) is 11.0 Å². The fourth-order valence-corrected chi connectivity index (χ4v) is 2.51. The summed E-state index contributed by atoms with van der Waals surface area (Å²) < 4.78 is 5.33. The Morgan fingerprint density at radius 3 is 2.48 bits per heavy atom. The fraction of sp³-hybridized carbons (Fsp3) is 0.250. The standard InChI is InChI=1S/C20H21N3O2/c1-4-14-8-7-9-15(12-14)21-19-18(20(24)25-13(2)3)22-16-10-5-6-11-17(16)23-19/h5-13H,4H2,1-3H3,(H,21,23). The van der Waals surface area contributed by atoms with E-state index in [0.29, 0.717) is 11.3 Å². The summed E-state index contributed by atoms with van der Waals surface area (Å²) >= 11 is 0. The van der Waals surface area contributed by atoms with Crippen LogP contribution >= 0.6 is 0 Å². The molecule has 5 heteroatoms. The van der Waals surface area contributed by atoms with Gasteiger partial charge in [0.1, 0.15) is 0 Å². The summed E-state index contributed by atoms with van der Waals surface area (Å²) in [6.45, 7) is 5.72. The lowest BCUT2D eigenvalue weighted by Gasteiger charge is -2.13. The van der Waals surface area contributed by atoms with Crippen molar-refractivity contribution in [2.75, 3.05) is 5.32 Å². The highest BCUT2D eigenvalue weighted by Crippen LogP contribution is 2.23. The van der Waals surface area contributed by atoms with E-state index in [2.05, 4.69) is 28.3 Å². The summed E-state index contributed by atoms with van der Waals surface area (Å²) in [4.78, 5) is 21.5. The van der Waals surface area contributed by atoms with Crippen molar-refractivity contribution in [3.63, 3.8) is 0 Å². The molecule has 0 atom stereocenters. The zero-order valence-corrected chi connectivity index (χ0v) is 14.6. The summed E-state index contributed by atoms with van der Waals surface area (Å²) in [6, 6.07) is 15.5. The van der Waals surface area contributed by atoms with E-state index in [1.165, 1.54) is 5.56 Å². The van der Waals surface area contributed by atoms with Gasteiger partial charge in [-0.25, -0.2) is 14.8 Å². The first kappa shape index (κ1) is 16.9. The second-order valence-corrected chi connectivity index (χ2v) is 6.04. The van der Waals surface area contributed by atoms with Crippen LogP contribution in [0.1, 0.15) is 36.8 Å². The number of carbonyl (C=O) groups is 1. The molecule has 0 saturated heterocycles. The molecule has 3 aromatic rings. The van der Waals surface area contributed by atoms with Gasteiger partial charge in [0.15, 0.2) is 11.5 Å². The van der Waals surface area contributed by atoms with E-state index in [1.807, 2.05) is 56.3 Å². The van der Waals surface area contributed by atoms with Gasteiger partial charge in [0, 0.05) is 5.69 Å². The summed E-state index contributed by atoms with van der Waals surface area (Å²) in [5.74, 6) is -0.0833. The average Bonchev–Trinajstić information content (AvgIpc) is 2.60. The Bertz CT molecular complexity index is 906. The molecule has 1 N–H and O–H groups in total. The summed E-state index contributed by atoms with van der Waals surface area (Å²) in [6.07, 6.45) is 0.707. The third-order valence-corrected chi connectivity index (χ3v) is 3.70. The van der Waals surface area contributed by atoms with Gasteiger partial charge in [-0.05, 0) is 50.1 Å². The number of esters is 1. The topological polar surface area (TPSA) is 64.1 Å². The van der Waals surface area contributed by atoms with E-state index in [-0.39, 0.29) is 11.8 Å². The van der Waals surface area contributed by atoms with E-state index in [9.17, 15) is 4.79 Å². The molecular formula is C20H21N3O2. The summed E-state index contributed by atoms with van der Waals surface area (Å²) in [5, 5.41) is 3.22. The Balaban J connectivity index is 2.05. The van der Waals surface area contributed by atoms with Gasteiger partial charge in [-0.15, -0.1) is 0 Å². The maximum atomic E-state index is 12.5. The molecule has 0 saturated carbocycles. The van der Waals surface area contributed by atoms with E-state index in [0.717, 1.165) is 17.6 Å². The molecule has 128 valence electrons. The molecule has 0 bridgehead atoms. The SMILES string of the molecule is CCc1cccc(Nc2nc3ccccc3nc2C(=O)OC(C)C)c1. The number of benzene rings is 2. The van der Waals surface area contributed by atoms with Crippen molar-refractivity contribution in [3.8, 4) is 0 Å². The number of para-hydroxylation sites is 2. The number of ether oxygens (including phenoxy) is 1. The predicted octanol–water partition coefficient (Wildman–Crippen LogP) is 4.50. The first-order valence-corrected chi connectivity index (χ1v) is 8.40. The molecule has 1 heterocycles. The van der Waals surface area contributed by atoms with Crippen LogP contribution in [0.3, 0.4) is 0 Å². The molecule has 0 aliphatic rings. The van der Waals surface area contributed by atoms with Crippen LogP contribution in [0.2, 0.25) is 0 Å². The Morgan fingerprint density at radius 1 is 1.08 bits per heavy atom. The fourth-order valence-electron chi connectivity index (χ4n) is 2.51. The van der Waals surface area contributed by atoms with Crippen LogP contribution in [0.5, 0.6) is 0 Å². The molecule has 3 rings (SSSR count). The van der Waals surface area contributed by atoms with Crippen molar-refractivity contribution in [1.29, 1.82) is 0 Å². The highest BCUT2D eigenvalue weighted by molar-refractivity contribution is 5.96. The Morgan fingerprint density at radius 2 is 1.80 bits per heavy atom. The number of nitrogens with zero attached hydrogens (tertiary/aromatic N) is 2. The van der Waals surface area contributed by atoms with E-state index in [4.69, 9.17) is 4.74 Å². The van der Waals surface area contributed by atoms with Crippen LogP contribution in [0, 0.1) is 0 Å². The van der Waals surface area contributed by atoms with Gasteiger partial charge >= 0.3 is 5.97 Å².